The molecule has 0 spiro atoms. The van der Waals surface area contributed by atoms with Crippen LogP contribution in [0.25, 0.3) is 0 Å². The van der Waals surface area contributed by atoms with Crippen molar-refractivity contribution in [2.75, 3.05) is 68.7 Å². The minimum Gasteiger partial charge on any atom is -0.397 e. The Kier molecular flexibility index (Phi) is 13.6. The number of hydrogen-bond donors (Lipinski definition) is 3. The quantitative estimate of drug-likeness (QED) is 0.170. The SMILES string of the molecule is Nc1ccc(NCCN2CCCC2)nc1.O=[N+]([O-])c1ccc(Cl)nc1.O=[N+]([O-])c1ccc(NCCN2CCCC2)nc1. The Morgan fingerprint density at radius 2 is 1.17 bits per heavy atom. The van der Waals surface area contributed by atoms with Crippen LogP contribution in [-0.2, 0) is 0 Å². The molecule has 0 saturated carbocycles. The molecular formula is C27H37ClN10O4. The topological polar surface area (TPSA) is 182 Å². The number of likely N-dealkylation sites (tertiary alicyclic amines) is 2. The van der Waals surface area contributed by atoms with Crippen molar-refractivity contribution in [3.63, 3.8) is 0 Å². The summed E-state index contributed by atoms with van der Waals surface area (Å²) in [6.45, 7) is 8.73. The van der Waals surface area contributed by atoms with E-state index in [1.165, 1.54) is 76.3 Å². The third-order valence-electron chi connectivity index (χ3n) is 6.53. The summed E-state index contributed by atoms with van der Waals surface area (Å²) in [6, 6.07) is 9.56. The highest BCUT2D eigenvalue weighted by Crippen LogP contribution is 2.13. The van der Waals surface area contributed by atoms with E-state index in [0.29, 0.717) is 11.5 Å². The third-order valence-corrected chi connectivity index (χ3v) is 6.76. The van der Waals surface area contributed by atoms with Gasteiger partial charge >= 0.3 is 0 Å². The Morgan fingerprint density at radius 3 is 1.55 bits per heavy atom. The molecule has 2 saturated heterocycles. The fraction of sp³-hybridized carbons (Fsp3) is 0.444. The molecule has 2 aliphatic rings. The van der Waals surface area contributed by atoms with Crippen molar-refractivity contribution in [2.45, 2.75) is 25.7 Å². The van der Waals surface area contributed by atoms with Crippen LogP contribution in [0.1, 0.15) is 25.7 Å². The van der Waals surface area contributed by atoms with Gasteiger partial charge < -0.3 is 26.2 Å². The smallest absolute Gasteiger partial charge is 0.287 e. The maximum atomic E-state index is 10.4. The van der Waals surface area contributed by atoms with Crippen LogP contribution in [-0.4, -0.2) is 87.0 Å². The van der Waals surface area contributed by atoms with E-state index in [0.717, 1.165) is 38.2 Å². The molecule has 42 heavy (non-hydrogen) atoms. The van der Waals surface area contributed by atoms with Gasteiger partial charge in [0.25, 0.3) is 11.4 Å². The van der Waals surface area contributed by atoms with E-state index < -0.39 is 9.85 Å². The molecule has 5 rings (SSSR count). The second kappa shape index (κ2) is 17.6. The van der Waals surface area contributed by atoms with Crippen LogP contribution in [0.2, 0.25) is 5.15 Å². The molecule has 0 atom stereocenters. The lowest BCUT2D eigenvalue weighted by Crippen LogP contribution is -2.26. The molecule has 15 heteroatoms. The minimum absolute atomic E-state index is 0.0232. The van der Waals surface area contributed by atoms with Gasteiger partial charge in [0.2, 0.25) is 0 Å². The number of aromatic nitrogens is 3. The van der Waals surface area contributed by atoms with Gasteiger partial charge in [0.1, 0.15) is 29.2 Å². The molecule has 0 radical (unpaired) electrons. The summed E-state index contributed by atoms with van der Waals surface area (Å²) in [5, 5.41) is 27.2. The number of nitrogens with one attached hydrogen (secondary N) is 2. The molecule has 0 amide bonds. The Bertz CT molecular complexity index is 1220. The first-order valence-electron chi connectivity index (χ1n) is 13.8. The first kappa shape index (κ1) is 32.4. The summed E-state index contributed by atoms with van der Waals surface area (Å²) in [7, 11) is 0. The van der Waals surface area contributed by atoms with E-state index in [9.17, 15) is 20.2 Å². The van der Waals surface area contributed by atoms with Crippen LogP contribution in [0.4, 0.5) is 28.7 Å². The van der Waals surface area contributed by atoms with Crippen molar-refractivity contribution < 1.29 is 9.85 Å². The fourth-order valence-electron chi connectivity index (χ4n) is 4.28. The van der Waals surface area contributed by atoms with Crippen molar-refractivity contribution in [1.29, 1.82) is 0 Å². The Labute approximate surface area is 249 Å². The second-order valence-corrected chi connectivity index (χ2v) is 10.1. The lowest BCUT2D eigenvalue weighted by molar-refractivity contribution is -0.385. The molecular weight excluding hydrogens is 564 g/mol. The molecule has 226 valence electrons. The van der Waals surface area contributed by atoms with Crippen LogP contribution in [0.5, 0.6) is 0 Å². The molecule has 5 heterocycles. The highest BCUT2D eigenvalue weighted by molar-refractivity contribution is 6.29. The summed E-state index contributed by atoms with van der Waals surface area (Å²) >= 11 is 5.38. The summed E-state index contributed by atoms with van der Waals surface area (Å²) < 4.78 is 0. The highest BCUT2D eigenvalue weighted by atomic mass is 35.5. The average Bonchev–Trinajstić information content (AvgIpc) is 3.70. The van der Waals surface area contributed by atoms with E-state index in [1.54, 1.807) is 12.3 Å². The monoisotopic (exact) mass is 600 g/mol. The van der Waals surface area contributed by atoms with E-state index in [1.807, 2.05) is 12.1 Å². The molecule has 14 nitrogen and oxygen atoms in total. The molecule has 0 unspecified atom stereocenters. The van der Waals surface area contributed by atoms with Crippen LogP contribution >= 0.6 is 11.6 Å². The molecule has 4 N–H and O–H groups in total. The highest BCUT2D eigenvalue weighted by Gasteiger charge is 2.11. The number of rotatable bonds is 10. The largest absolute Gasteiger partial charge is 0.397 e. The minimum atomic E-state index is -0.524. The number of anilines is 3. The maximum absolute atomic E-state index is 10.4. The van der Waals surface area contributed by atoms with Gasteiger partial charge in [0.05, 0.1) is 21.7 Å². The van der Waals surface area contributed by atoms with Gasteiger partial charge in [-0.05, 0) is 76.1 Å². The van der Waals surface area contributed by atoms with Crippen LogP contribution in [0.3, 0.4) is 0 Å². The second-order valence-electron chi connectivity index (χ2n) is 9.68. The maximum Gasteiger partial charge on any atom is 0.287 e. The van der Waals surface area contributed by atoms with Gasteiger partial charge in [-0.15, -0.1) is 0 Å². The number of nitrogens with zero attached hydrogens (tertiary/aromatic N) is 7. The molecule has 2 aliphatic heterocycles. The zero-order valence-electron chi connectivity index (χ0n) is 23.4. The van der Waals surface area contributed by atoms with Crippen molar-refractivity contribution >= 4 is 40.3 Å². The number of pyridine rings is 3. The van der Waals surface area contributed by atoms with Gasteiger partial charge in [-0.1, -0.05) is 11.6 Å². The number of nitro groups is 2. The first-order chi connectivity index (χ1) is 20.3. The Balaban J connectivity index is 0.000000179. The number of nitrogens with two attached hydrogens (primary N) is 1. The molecule has 0 aliphatic carbocycles. The van der Waals surface area contributed by atoms with E-state index in [4.69, 9.17) is 17.3 Å². The summed E-state index contributed by atoms with van der Waals surface area (Å²) in [4.78, 5) is 36.1. The molecule has 0 aromatic carbocycles. The Morgan fingerprint density at radius 1 is 0.714 bits per heavy atom. The number of halogens is 1. The predicted octanol–water partition coefficient (Wildman–Crippen LogP) is 4.31. The zero-order valence-corrected chi connectivity index (χ0v) is 24.2. The van der Waals surface area contributed by atoms with E-state index in [2.05, 4.69) is 35.4 Å². The zero-order chi connectivity index (χ0) is 30.2. The standard InChI is InChI=1S/C11H16N4O2.C11H18N4.C5H3ClN2O2/c16-15(17)10-3-4-11(13-9-10)12-5-8-14-6-1-2-7-14;12-10-3-4-11(14-9-10)13-5-8-15-6-1-2-7-15;6-5-2-1-4(3-7-5)8(9)10/h3-4,9H,1-2,5-8H2,(H,12,13);3-4,9H,1-2,5-8,12H2,(H,13,14);1-3H. The van der Waals surface area contributed by atoms with E-state index in [-0.39, 0.29) is 16.5 Å². The molecule has 3 aromatic rings. The lowest BCUT2D eigenvalue weighted by atomic mass is 10.4. The summed E-state index contributed by atoms with van der Waals surface area (Å²) in [5.41, 5.74) is 6.24. The number of hydrogen-bond acceptors (Lipinski definition) is 12. The van der Waals surface area contributed by atoms with Crippen LogP contribution in [0, 0.1) is 20.2 Å². The molecule has 2 fully saturated rings. The van der Waals surface area contributed by atoms with Crippen molar-refractivity contribution in [2.24, 2.45) is 0 Å². The fourth-order valence-corrected chi connectivity index (χ4v) is 4.39. The van der Waals surface area contributed by atoms with Gasteiger partial charge in [-0.25, -0.2) is 15.0 Å². The molecule has 0 bridgehead atoms. The third kappa shape index (κ3) is 12.2. The van der Waals surface area contributed by atoms with Crippen LogP contribution < -0.4 is 16.4 Å². The van der Waals surface area contributed by atoms with Crippen molar-refractivity contribution in [1.82, 2.24) is 24.8 Å². The van der Waals surface area contributed by atoms with Gasteiger partial charge in [0, 0.05) is 38.3 Å². The van der Waals surface area contributed by atoms with Gasteiger partial charge in [-0.2, -0.15) is 0 Å². The predicted molar refractivity (Wildman–Crippen MR) is 164 cm³/mol. The van der Waals surface area contributed by atoms with Gasteiger partial charge in [-0.3, -0.25) is 20.2 Å². The van der Waals surface area contributed by atoms with Gasteiger partial charge in [0.15, 0.2) is 0 Å². The average molecular weight is 601 g/mol. The Hall–Kier alpha value is -4.14. The molecule has 3 aromatic heterocycles. The summed E-state index contributed by atoms with van der Waals surface area (Å²) in [6.07, 6.45) is 9.34. The van der Waals surface area contributed by atoms with E-state index >= 15 is 0 Å². The first-order valence-corrected chi connectivity index (χ1v) is 14.2. The van der Waals surface area contributed by atoms with Crippen molar-refractivity contribution in [3.8, 4) is 0 Å². The number of nitrogen functional groups attached to an aromatic ring is 1. The van der Waals surface area contributed by atoms with Crippen LogP contribution in [0.15, 0.2) is 55.0 Å². The summed E-state index contributed by atoms with van der Waals surface area (Å²) in [5.74, 6) is 1.60. The normalized spacial score (nSPS) is 14.7. The van der Waals surface area contributed by atoms with Crippen molar-refractivity contribution in [3.05, 3.63) is 80.4 Å². The lowest BCUT2D eigenvalue weighted by Gasteiger charge is -2.14.